The fourth-order valence-corrected chi connectivity index (χ4v) is 1.85. The van der Waals surface area contributed by atoms with E-state index in [9.17, 15) is 9.59 Å². The van der Waals surface area contributed by atoms with Crippen molar-refractivity contribution in [2.45, 2.75) is 12.8 Å². The Morgan fingerprint density at radius 1 is 1.41 bits per heavy atom. The van der Waals surface area contributed by atoms with E-state index in [-0.39, 0.29) is 31.3 Å². The minimum Gasteiger partial charge on any atom is -0.396 e. The molecule has 0 aromatic heterocycles. The summed E-state index contributed by atoms with van der Waals surface area (Å²) in [6, 6.07) is 7.17. The minimum atomic E-state index is -0.182. The van der Waals surface area contributed by atoms with E-state index in [2.05, 4.69) is 5.32 Å². The summed E-state index contributed by atoms with van der Waals surface area (Å²) in [5.74, 6) is -0.270. The maximum absolute atomic E-state index is 11.8. The molecule has 5 nitrogen and oxygen atoms in total. The van der Waals surface area contributed by atoms with E-state index in [1.165, 1.54) is 0 Å². The lowest BCUT2D eigenvalue weighted by molar-refractivity contribution is -0.119. The number of nitrogens with zero attached hydrogens (tertiary/aromatic N) is 1. The van der Waals surface area contributed by atoms with E-state index < -0.39 is 0 Å². The first-order valence-electron chi connectivity index (χ1n) is 5.52. The van der Waals surface area contributed by atoms with Gasteiger partial charge in [-0.2, -0.15) is 0 Å². The number of aliphatic hydroxyl groups is 1. The molecule has 5 heteroatoms. The van der Waals surface area contributed by atoms with Gasteiger partial charge in [-0.25, -0.2) is 0 Å². The van der Waals surface area contributed by atoms with Crippen molar-refractivity contribution in [2.75, 3.05) is 23.4 Å². The number of rotatable bonds is 2. The van der Waals surface area contributed by atoms with Crippen molar-refractivity contribution >= 4 is 23.2 Å². The van der Waals surface area contributed by atoms with Gasteiger partial charge in [0.05, 0.1) is 24.4 Å². The van der Waals surface area contributed by atoms with E-state index in [0.717, 1.165) is 0 Å². The molecule has 2 rings (SSSR count). The molecule has 1 aromatic rings. The summed E-state index contributed by atoms with van der Waals surface area (Å²) in [6.45, 7) is 0.167. The van der Waals surface area contributed by atoms with Crippen molar-refractivity contribution in [1.29, 1.82) is 0 Å². The second-order valence-corrected chi connectivity index (χ2v) is 3.83. The van der Waals surface area contributed by atoms with Gasteiger partial charge in [0.1, 0.15) is 0 Å². The molecule has 0 bridgehead atoms. The highest BCUT2D eigenvalue weighted by molar-refractivity contribution is 6.03. The lowest BCUT2D eigenvalue weighted by Crippen LogP contribution is -2.32. The van der Waals surface area contributed by atoms with Gasteiger partial charge in [-0.15, -0.1) is 0 Å². The van der Waals surface area contributed by atoms with Crippen molar-refractivity contribution in [3.63, 3.8) is 0 Å². The van der Waals surface area contributed by atoms with E-state index in [1.807, 2.05) is 6.07 Å². The number of fused-ring (bicyclic) bond motifs is 1. The topological polar surface area (TPSA) is 69.6 Å². The molecular formula is C12H14N2O3. The Morgan fingerprint density at radius 3 is 2.94 bits per heavy atom. The van der Waals surface area contributed by atoms with Crippen LogP contribution in [0.5, 0.6) is 0 Å². The number of anilines is 2. The smallest absolute Gasteiger partial charge is 0.229 e. The van der Waals surface area contributed by atoms with Gasteiger partial charge >= 0.3 is 0 Å². The Kier molecular flexibility index (Phi) is 3.39. The zero-order chi connectivity index (χ0) is 12.3. The van der Waals surface area contributed by atoms with Crippen molar-refractivity contribution < 1.29 is 14.7 Å². The number of hydrogen-bond acceptors (Lipinski definition) is 3. The number of carbonyl (C=O) groups is 2. The zero-order valence-corrected chi connectivity index (χ0v) is 9.35. The van der Waals surface area contributed by atoms with Crippen LogP contribution in [-0.4, -0.2) is 30.1 Å². The molecule has 0 unspecified atom stereocenters. The van der Waals surface area contributed by atoms with Gasteiger partial charge in [0.25, 0.3) is 0 Å². The highest BCUT2D eigenvalue weighted by Crippen LogP contribution is 2.28. The maximum atomic E-state index is 11.8. The Morgan fingerprint density at radius 2 is 2.18 bits per heavy atom. The molecule has 1 aromatic carbocycles. The Labute approximate surface area is 99.0 Å². The number of hydrogen-bond donors (Lipinski definition) is 2. The Bertz CT molecular complexity index is 445. The van der Waals surface area contributed by atoms with Gasteiger partial charge in [0.15, 0.2) is 0 Å². The number of benzene rings is 1. The number of nitrogens with one attached hydrogen (secondary N) is 1. The standard InChI is InChI=1S/C12H14N2O3/c15-8-6-12(17)14-7-5-11(16)13-9-3-1-2-4-10(9)14/h1-4,15H,5-8H2,(H,13,16). The quantitative estimate of drug-likeness (QED) is 0.793. The first-order chi connectivity index (χ1) is 8.22. The SMILES string of the molecule is O=C1CCN(C(=O)CCO)c2ccccc2N1. The van der Waals surface area contributed by atoms with Crippen molar-refractivity contribution in [3.8, 4) is 0 Å². The first kappa shape index (κ1) is 11.6. The van der Waals surface area contributed by atoms with Crippen molar-refractivity contribution in [1.82, 2.24) is 0 Å². The molecule has 1 heterocycles. The molecular weight excluding hydrogens is 220 g/mol. The lowest BCUT2D eigenvalue weighted by atomic mass is 10.2. The summed E-state index contributed by atoms with van der Waals surface area (Å²) in [4.78, 5) is 24.9. The maximum Gasteiger partial charge on any atom is 0.229 e. The number of aliphatic hydroxyl groups excluding tert-OH is 1. The third-order valence-electron chi connectivity index (χ3n) is 2.66. The minimum absolute atomic E-state index is 0.0719. The van der Waals surface area contributed by atoms with Crippen LogP contribution in [-0.2, 0) is 9.59 Å². The van der Waals surface area contributed by atoms with Gasteiger partial charge in [-0.05, 0) is 12.1 Å². The van der Waals surface area contributed by atoms with Crippen molar-refractivity contribution in [2.24, 2.45) is 0 Å². The molecule has 0 radical (unpaired) electrons. The Hall–Kier alpha value is -1.88. The van der Waals surface area contributed by atoms with Crippen LogP contribution in [0.2, 0.25) is 0 Å². The largest absolute Gasteiger partial charge is 0.396 e. The summed E-state index contributed by atoms with van der Waals surface area (Å²) in [5.41, 5.74) is 1.33. The molecule has 90 valence electrons. The molecule has 0 saturated heterocycles. The van der Waals surface area contributed by atoms with E-state index in [4.69, 9.17) is 5.11 Å². The summed E-state index contributed by atoms with van der Waals surface area (Å²) >= 11 is 0. The highest BCUT2D eigenvalue weighted by Gasteiger charge is 2.22. The van der Waals surface area contributed by atoms with Crippen LogP contribution >= 0.6 is 0 Å². The van der Waals surface area contributed by atoms with Gasteiger partial charge in [0, 0.05) is 13.0 Å². The summed E-state index contributed by atoms with van der Waals surface area (Å²) in [6.07, 6.45) is 0.342. The van der Waals surface area contributed by atoms with Gasteiger partial charge in [-0.1, -0.05) is 12.1 Å². The van der Waals surface area contributed by atoms with Gasteiger partial charge in [0.2, 0.25) is 11.8 Å². The molecule has 0 atom stereocenters. The van der Waals surface area contributed by atoms with Crippen LogP contribution in [0.4, 0.5) is 11.4 Å². The zero-order valence-electron chi connectivity index (χ0n) is 9.35. The fraction of sp³-hybridized carbons (Fsp3) is 0.333. The lowest BCUT2D eigenvalue weighted by Gasteiger charge is -2.21. The van der Waals surface area contributed by atoms with Gasteiger partial charge in [-0.3, -0.25) is 9.59 Å². The van der Waals surface area contributed by atoms with E-state index in [0.29, 0.717) is 17.9 Å². The highest BCUT2D eigenvalue weighted by atomic mass is 16.3. The fourth-order valence-electron chi connectivity index (χ4n) is 1.85. The second kappa shape index (κ2) is 4.97. The van der Waals surface area contributed by atoms with Crippen LogP contribution in [0.1, 0.15) is 12.8 Å². The number of carbonyl (C=O) groups excluding carboxylic acids is 2. The third kappa shape index (κ3) is 2.45. The molecule has 17 heavy (non-hydrogen) atoms. The number of para-hydroxylation sites is 2. The van der Waals surface area contributed by atoms with Crippen LogP contribution in [0.15, 0.2) is 24.3 Å². The average molecular weight is 234 g/mol. The molecule has 0 spiro atoms. The average Bonchev–Trinajstić information content (AvgIpc) is 2.47. The molecule has 2 amide bonds. The third-order valence-corrected chi connectivity index (χ3v) is 2.66. The summed E-state index contributed by atoms with van der Waals surface area (Å²) in [7, 11) is 0. The van der Waals surface area contributed by atoms with Crippen LogP contribution in [0, 0.1) is 0 Å². The van der Waals surface area contributed by atoms with E-state index >= 15 is 0 Å². The normalized spacial score (nSPS) is 14.9. The number of amides is 2. The van der Waals surface area contributed by atoms with E-state index in [1.54, 1.807) is 23.1 Å². The van der Waals surface area contributed by atoms with Crippen LogP contribution in [0.3, 0.4) is 0 Å². The molecule has 2 N–H and O–H groups in total. The second-order valence-electron chi connectivity index (χ2n) is 3.83. The summed E-state index contributed by atoms with van der Waals surface area (Å²) in [5, 5.41) is 11.6. The molecule has 0 aliphatic carbocycles. The monoisotopic (exact) mass is 234 g/mol. The van der Waals surface area contributed by atoms with Crippen LogP contribution < -0.4 is 10.2 Å². The van der Waals surface area contributed by atoms with Crippen LogP contribution in [0.25, 0.3) is 0 Å². The van der Waals surface area contributed by atoms with Gasteiger partial charge < -0.3 is 15.3 Å². The molecule has 1 aliphatic heterocycles. The van der Waals surface area contributed by atoms with Crippen molar-refractivity contribution in [3.05, 3.63) is 24.3 Å². The molecule has 0 saturated carbocycles. The predicted molar refractivity (Wildman–Crippen MR) is 63.7 cm³/mol. The first-order valence-corrected chi connectivity index (χ1v) is 5.52. The molecule has 0 fully saturated rings. The summed E-state index contributed by atoms with van der Waals surface area (Å²) < 4.78 is 0. The predicted octanol–water partition coefficient (Wildman–Crippen LogP) is 0.744. The molecule has 1 aliphatic rings. The Balaban J connectivity index is 2.34.